The summed E-state index contributed by atoms with van der Waals surface area (Å²) in [5, 5.41) is 0. The van der Waals surface area contributed by atoms with Crippen molar-refractivity contribution in [2.24, 2.45) is 0 Å². The molecule has 1 aromatic heterocycles. The second-order valence-electron chi connectivity index (χ2n) is 9.67. The molecule has 4 rings (SSSR count). The summed E-state index contributed by atoms with van der Waals surface area (Å²) in [6.45, 7) is 6.29. The van der Waals surface area contributed by atoms with Gasteiger partial charge in [0.15, 0.2) is 0 Å². The number of nitrogens with zero attached hydrogens (tertiary/aromatic N) is 4. The summed E-state index contributed by atoms with van der Waals surface area (Å²) in [7, 11) is 0. The van der Waals surface area contributed by atoms with Gasteiger partial charge in [-0.15, -0.1) is 0 Å². The lowest BCUT2D eigenvalue weighted by atomic mass is 9.97. The van der Waals surface area contributed by atoms with Crippen molar-refractivity contribution in [3.63, 3.8) is 0 Å². The van der Waals surface area contributed by atoms with Crippen molar-refractivity contribution in [2.75, 3.05) is 26.2 Å². The number of benzene rings is 2. The van der Waals surface area contributed by atoms with Crippen molar-refractivity contribution in [1.82, 2.24) is 19.4 Å². The number of halogens is 6. The van der Waals surface area contributed by atoms with Crippen molar-refractivity contribution in [1.29, 1.82) is 0 Å². The second kappa shape index (κ2) is 10.8. The molecule has 0 N–H and O–H groups in total. The van der Waals surface area contributed by atoms with Crippen LogP contribution in [0.2, 0.25) is 0 Å². The number of aryl methyl sites for hydroxylation is 2. The van der Waals surface area contributed by atoms with Gasteiger partial charge in [-0.2, -0.15) is 26.3 Å². The van der Waals surface area contributed by atoms with Crippen LogP contribution < -0.4 is 0 Å². The maximum atomic E-state index is 13.5. The molecule has 38 heavy (non-hydrogen) atoms. The normalized spacial score (nSPS) is 17.2. The van der Waals surface area contributed by atoms with Crippen LogP contribution in [0.1, 0.15) is 38.2 Å². The number of piperazine rings is 1. The quantitative estimate of drug-likeness (QED) is 0.384. The predicted octanol–water partition coefficient (Wildman–Crippen LogP) is 5.61. The molecule has 0 unspecified atom stereocenters. The highest BCUT2D eigenvalue weighted by Gasteiger charge is 2.39. The van der Waals surface area contributed by atoms with Crippen LogP contribution in [0.15, 0.2) is 55.1 Å². The molecule has 1 fully saturated rings. The minimum Gasteiger partial charge on any atom is -0.336 e. The van der Waals surface area contributed by atoms with Gasteiger partial charge in [0.25, 0.3) is 5.91 Å². The zero-order valence-corrected chi connectivity index (χ0v) is 21.0. The van der Waals surface area contributed by atoms with E-state index in [9.17, 15) is 31.1 Å². The van der Waals surface area contributed by atoms with E-state index in [1.807, 2.05) is 42.8 Å². The number of aromatic nitrogens is 2. The molecule has 11 heteroatoms. The lowest BCUT2D eigenvalue weighted by Crippen LogP contribution is -2.56. The fourth-order valence-electron chi connectivity index (χ4n) is 4.69. The molecular weight excluding hydrogens is 510 g/mol. The minimum atomic E-state index is -5.03. The van der Waals surface area contributed by atoms with Gasteiger partial charge >= 0.3 is 12.4 Å². The summed E-state index contributed by atoms with van der Waals surface area (Å²) in [6.07, 6.45) is -4.44. The lowest BCUT2D eigenvalue weighted by molar-refractivity contribution is -0.143. The average molecular weight is 539 g/mol. The molecule has 0 saturated carbocycles. The average Bonchev–Trinajstić information content (AvgIpc) is 3.37. The van der Waals surface area contributed by atoms with Crippen LogP contribution in [0.5, 0.6) is 0 Å². The molecule has 2 aromatic carbocycles. The highest BCUT2D eigenvalue weighted by molar-refractivity contribution is 5.95. The number of rotatable bonds is 6. The molecule has 1 aliphatic heterocycles. The van der Waals surface area contributed by atoms with Crippen LogP contribution in [0.4, 0.5) is 26.3 Å². The molecule has 0 aliphatic carbocycles. The van der Waals surface area contributed by atoms with E-state index in [-0.39, 0.29) is 12.6 Å². The first-order chi connectivity index (χ1) is 17.8. The van der Waals surface area contributed by atoms with Crippen LogP contribution in [-0.2, 0) is 25.3 Å². The Labute approximate surface area is 216 Å². The first kappa shape index (κ1) is 27.7. The van der Waals surface area contributed by atoms with Gasteiger partial charge in [-0.3, -0.25) is 9.69 Å². The lowest BCUT2D eigenvalue weighted by Gasteiger charge is -2.42. The molecule has 0 spiro atoms. The Kier molecular flexibility index (Phi) is 7.87. The largest absolute Gasteiger partial charge is 0.416 e. The van der Waals surface area contributed by atoms with Crippen molar-refractivity contribution < 1.29 is 31.1 Å². The topological polar surface area (TPSA) is 41.4 Å². The summed E-state index contributed by atoms with van der Waals surface area (Å²) >= 11 is 0. The molecule has 5 nitrogen and oxygen atoms in total. The van der Waals surface area contributed by atoms with Gasteiger partial charge < -0.3 is 9.47 Å². The summed E-state index contributed by atoms with van der Waals surface area (Å²) in [6, 6.07) is 6.50. The smallest absolute Gasteiger partial charge is 0.336 e. The Balaban J connectivity index is 1.63. The van der Waals surface area contributed by atoms with Gasteiger partial charge in [0.2, 0.25) is 0 Å². The zero-order valence-electron chi connectivity index (χ0n) is 21.0. The summed E-state index contributed by atoms with van der Waals surface area (Å²) in [4.78, 5) is 21.1. The Morgan fingerprint density at radius 2 is 1.61 bits per heavy atom. The van der Waals surface area contributed by atoms with E-state index >= 15 is 0 Å². The van der Waals surface area contributed by atoms with Crippen LogP contribution in [0.3, 0.4) is 0 Å². The van der Waals surface area contributed by atoms with E-state index in [1.54, 1.807) is 12.5 Å². The predicted molar refractivity (Wildman–Crippen MR) is 130 cm³/mol. The SMILES string of the molecule is Cc1ccc(C[C@@H]2CN(CCn3ccnc3)CCN2C(=O)c2cc(C(F)(F)F)cc(C(F)(F)F)c2)cc1C. The van der Waals surface area contributed by atoms with Gasteiger partial charge in [0, 0.05) is 56.7 Å². The summed E-state index contributed by atoms with van der Waals surface area (Å²) in [5.74, 6) is -0.843. The third kappa shape index (κ3) is 6.56. The standard InChI is InChI=1S/C27H28F6N4O/c1-18-3-4-20(11-19(18)2)12-24-16-35(7-8-36-6-5-34-17-36)9-10-37(24)25(38)21-13-22(26(28,29)30)15-23(14-21)27(31,32)33/h3-6,11,13-15,17,24H,7-10,12,16H2,1-2H3/t24-/m1/s1. The van der Waals surface area contributed by atoms with E-state index in [4.69, 9.17) is 0 Å². The number of hydrogen-bond acceptors (Lipinski definition) is 3. The maximum Gasteiger partial charge on any atom is 0.416 e. The number of amides is 1. The fraction of sp³-hybridized carbons (Fsp3) is 0.407. The summed E-state index contributed by atoms with van der Waals surface area (Å²) < 4.78 is 82.5. The number of alkyl halides is 6. The van der Waals surface area contributed by atoms with Gasteiger partial charge in [-0.05, 0) is 55.2 Å². The van der Waals surface area contributed by atoms with Crippen molar-refractivity contribution in [2.45, 2.75) is 45.2 Å². The fourth-order valence-corrected chi connectivity index (χ4v) is 4.69. The minimum absolute atomic E-state index is 0.0391. The van der Waals surface area contributed by atoms with Gasteiger partial charge in [-0.1, -0.05) is 18.2 Å². The van der Waals surface area contributed by atoms with E-state index in [0.29, 0.717) is 44.7 Å². The maximum absolute atomic E-state index is 13.5. The summed E-state index contributed by atoms with van der Waals surface area (Å²) in [5.41, 5.74) is -0.533. The van der Waals surface area contributed by atoms with Crippen LogP contribution in [0.25, 0.3) is 0 Å². The first-order valence-electron chi connectivity index (χ1n) is 12.2. The molecule has 204 valence electrons. The van der Waals surface area contributed by atoms with Gasteiger partial charge in [0.1, 0.15) is 0 Å². The first-order valence-corrected chi connectivity index (χ1v) is 12.2. The molecular formula is C27H28F6N4O. The number of carbonyl (C=O) groups excluding carboxylic acids is 1. The molecule has 0 radical (unpaired) electrons. The molecule has 1 aliphatic rings. The third-order valence-corrected chi connectivity index (χ3v) is 6.94. The van der Waals surface area contributed by atoms with E-state index in [1.165, 1.54) is 4.90 Å². The Hall–Kier alpha value is -3.34. The number of imidazole rings is 1. The van der Waals surface area contributed by atoms with Crippen LogP contribution in [0, 0.1) is 13.8 Å². The van der Waals surface area contributed by atoms with Crippen molar-refractivity contribution in [3.05, 3.63) is 88.5 Å². The molecule has 1 atom stereocenters. The van der Waals surface area contributed by atoms with E-state index in [2.05, 4.69) is 9.88 Å². The second-order valence-corrected chi connectivity index (χ2v) is 9.67. The Morgan fingerprint density at radius 3 is 2.18 bits per heavy atom. The molecule has 0 bridgehead atoms. The van der Waals surface area contributed by atoms with Crippen molar-refractivity contribution in [3.8, 4) is 0 Å². The number of hydrogen-bond donors (Lipinski definition) is 0. The van der Waals surface area contributed by atoms with Crippen molar-refractivity contribution >= 4 is 5.91 Å². The van der Waals surface area contributed by atoms with Gasteiger partial charge in [-0.25, -0.2) is 4.98 Å². The monoisotopic (exact) mass is 538 g/mol. The van der Waals surface area contributed by atoms with Gasteiger partial charge in [0.05, 0.1) is 17.5 Å². The number of carbonyl (C=O) groups is 1. The molecule has 2 heterocycles. The van der Waals surface area contributed by atoms with Crippen LogP contribution in [-0.4, -0.2) is 57.5 Å². The Morgan fingerprint density at radius 1 is 0.921 bits per heavy atom. The Bertz CT molecular complexity index is 1240. The highest BCUT2D eigenvalue weighted by atomic mass is 19.4. The van der Waals surface area contributed by atoms with E-state index < -0.39 is 41.0 Å². The third-order valence-electron chi connectivity index (χ3n) is 6.94. The zero-order chi connectivity index (χ0) is 27.7. The highest BCUT2D eigenvalue weighted by Crippen LogP contribution is 2.37. The van der Waals surface area contributed by atoms with E-state index in [0.717, 1.165) is 16.7 Å². The molecule has 3 aromatic rings. The van der Waals surface area contributed by atoms with Crippen LogP contribution >= 0.6 is 0 Å². The molecule has 1 amide bonds. The molecule has 1 saturated heterocycles.